The van der Waals surface area contributed by atoms with Crippen molar-refractivity contribution in [3.8, 4) is 17.2 Å². The lowest BCUT2D eigenvalue weighted by Gasteiger charge is -2.09. The molecule has 0 radical (unpaired) electrons. The summed E-state index contributed by atoms with van der Waals surface area (Å²) in [7, 11) is 1.09. The van der Waals surface area contributed by atoms with E-state index >= 15 is 0 Å². The van der Waals surface area contributed by atoms with Gasteiger partial charge in [-0.25, -0.2) is 8.42 Å². The standard InChI is InChI=1S/C21H24N2O5S/c1-14-20(16-6-8-17(26-2)9-7-16)29(24,25)23-21(14)22-12-11-15-5-10-18(27-3)19(13-15)28-4/h5-10,13H,11-12H2,1-4H3,(H,22,23). The first-order valence-corrected chi connectivity index (χ1v) is 10.5. The molecule has 1 heterocycles. The number of sulfonamides is 1. The number of ether oxygens (including phenoxy) is 3. The number of methoxy groups -OCH3 is 3. The molecule has 0 aliphatic carbocycles. The average Bonchev–Trinajstić information content (AvgIpc) is 2.96. The third-order valence-corrected chi connectivity index (χ3v) is 6.21. The van der Waals surface area contributed by atoms with E-state index in [0.717, 1.165) is 5.56 Å². The lowest BCUT2D eigenvalue weighted by molar-refractivity contribution is 0.354. The number of hydrogen-bond acceptors (Lipinski definition) is 6. The molecule has 0 fully saturated rings. The maximum atomic E-state index is 12.6. The quantitative estimate of drug-likeness (QED) is 0.750. The number of hydrogen-bond donors (Lipinski definition) is 1. The molecule has 0 spiro atoms. The largest absolute Gasteiger partial charge is 0.497 e. The predicted molar refractivity (Wildman–Crippen MR) is 113 cm³/mol. The van der Waals surface area contributed by atoms with Crippen molar-refractivity contribution in [2.45, 2.75) is 13.3 Å². The fraction of sp³-hybridized carbons (Fsp3) is 0.286. The molecule has 0 bridgehead atoms. The summed E-state index contributed by atoms with van der Waals surface area (Å²) in [6, 6.07) is 12.6. The Morgan fingerprint density at radius 2 is 1.62 bits per heavy atom. The zero-order chi connectivity index (χ0) is 21.0. The van der Waals surface area contributed by atoms with Gasteiger partial charge in [-0.2, -0.15) is 0 Å². The molecule has 1 aliphatic heterocycles. The van der Waals surface area contributed by atoms with Gasteiger partial charge < -0.3 is 14.2 Å². The zero-order valence-corrected chi connectivity index (χ0v) is 17.7. The summed E-state index contributed by atoms with van der Waals surface area (Å²) >= 11 is 0. The molecule has 1 N–H and O–H groups in total. The van der Waals surface area contributed by atoms with Crippen molar-refractivity contribution in [2.75, 3.05) is 27.9 Å². The van der Waals surface area contributed by atoms with E-state index in [1.807, 2.05) is 18.2 Å². The highest BCUT2D eigenvalue weighted by Gasteiger charge is 2.32. The molecule has 0 aromatic heterocycles. The summed E-state index contributed by atoms with van der Waals surface area (Å²) in [6.07, 6.45) is 0.636. The smallest absolute Gasteiger partial charge is 0.264 e. The summed E-state index contributed by atoms with van der Waals surface area (Å²) in [4.78, 5) is 4.72. The molecule has 29 heavy (non-hydrogen) atoms. The van der Waals surface area contributed by atoms with Crippen LogP contribution in [0.3, 0.4) is 0 Å². The minimum absolute atomic E-state index is 0.241. The lowest BCUT2D eigenvalue weighted by Crippen LogP contribution is -2.24. The molecule has 1 aliphatic rings. The highest BCUT2D eigenvalue weighted by Crippen LogP contribution is 2.31. The van der Waals surface area contributed by atoms with Crippen LogP contribution in [-0.2, 0) is 16.4 Å². The molecule has 0 amide bonds. The van der Waals surface area contributed by atoms with Crippen molar-refractivity contribution < 1.29 is 22.6 Å². The van der Waals surface area contributed by atoms with E-state index in [1.165, 1.54) is 0 Å². The van der Waals surface area contributed by atoms with Gasteiger partial charge in [-0.15, -0.1) is 0 Å². The maximum absolute atomic E-state index is 12.6. The second kappa shape index (κ2) is 8.57. The van der Waals surface area contributed by atoms with Gasteiger partial charge >= 0.3 is 0 Å². The molecule has 2 aromatic carbocycles. The molecule has 0 saturated carbocycles. The number of nitrogens with one attached hydrogen (secondary N) is 1. The van der Waals surface area contributed by atoms with Gasteiger partial charge in [0.2, 0.25) is 0 Å². The molecule has 0 unspecified atom stereocenters. The summed E-state index contributed by atoms with van der Waals surface area (Å²) in [5.74, 6) is 2.35. The van der Waals surface area contributed by atoms with Crippen LogP contribution >= 0.6 is 0 Å². The van der Waals surface area contributed by atoms with Gasteiger partial charge in [0.25, 0.3) is 10.0 Å². The van der Waals surface area contributed by atoms with E-state index < -0.39 is 10.0 Å². The average molecular weight is 416 g/mol. The van der Waals surface area contributed by atoms with E-state index in [-0.39, 0.29) is 4.91 Å². The molecule has 0 saturated heterocycles. The van der Waals surface area contributed by atoms with Crippen LogP contribution in [0.25, 0.3) is 4.91 Å². The van der Waals surface area contributed by atoms with Gasteiger partial charge in [0, 0.05) is 12.1 Å². The number of amidine groups is 1. The van der Waals surface area contributed by atoms with Crippen LogP contribution in [0.2, 0.25) is 0 Å². The molecule has 0 atom stereocenters. The maximum Gasteiger partial charge on any atom is 0.264 e. The summed E-state index contributed by atoms with van der Waals surface area (Å²) in [6.45, 7) is 2.19. The minimum atomic E-state index is -3.65. The molecule has 8 heteroatoms. The molecule has 2 aromatic rings. The van der Waals surface area contributed by atoms with Crippen molar-refractivity contribution >= 4 is 20.8 Å². The van der Waals surface area contributed by atoms with Gasteiger partial charge in [0.1, 0.15) is 16.5 Å². The summed E-state index contributed by atoms with van der Waals surface area (Å²) in [5.41, 5.74) is 2.22. The lowest BCUT2D eigenvalue weighted by atomic mass is 10.1. The Morgan fingerprint density at radius 3 is 2.24 bits per heavy atom. The topological polar surface area (TPSA) is 86.2 Å². The van der Waals surface area contributed by atoms with Crippen molar-refractivity contribution in [3.05, 3.63) is 59.2 Å². The molecule has 154 valence electrons. The third kappa shape index (κ3) is 4.37. The van der Waals surface area contributed by atoms with Crippen LogP contribution in [0.4, 0.5) is 0 Å². The number of nitrogens with zero attached hydrogens (tertiary/aromatic N) is 1. The van der Waals surface area contributed by atoms with Crippen LogP contribution in [0.1, 0.15) is 18.1 Å². The first kappa shape index (κ1) is 20.7. The summed E-state index contributed by atoms with van der Waals surface area (Å²) < 4.78 is 43.5. The fourth-order valence-corrected chi connectivity index (χ4v) is 4.68. The van der Waals surface area contributed by atoms with Crippen LogP contribution in [0.15, 0.2) is 53.0 Å². The van der Waals surface area contributed by atoms with Gasteiger partial charge in [0.15, 0.2) is 11.5 Å². The Kier molecular flexibility index (Phi) is 6.12. The number of rotatable bonds is 7. The van der Waals surface area contributed by atoms with Gasteiger partial charge in [0.05, 0.1) is 21.3 Å². The van der Waals surface area contributed by atoms with Crippen LogP contribution in [-0.4, -0.2) is 42.1 Å². The van der Waals surface area contributed by atoms with Crippen LogP contribution in [0.5, 0.6) is 17.2 Å². The van der Waals surface area contributed by atoms with E-state index in [1.54, 1.807) is 52.5 Å². The highest BCUT2D eigenvalue weighted by molar-refractivity contribution is 8.00. The van der Waals surface area contributed by atoms with Crippen molar-refractivity contribution in [3.63, 3.8) is 0 Å². The van der Waals surface area contributed by atoms with E-state index in [4.69, 9.17) is 14.2 Å². The van der Waals surface area contributed by atoms with E-state index in [9.17, 15) is 8.42 Å². The van der Waals surface area contributed by atoms with E-state index in [0.29, 0.717) is 47.2 Å². The molecule has 7 nitrogen and oxygen atoms in total. The van der Waals surface area contributed by atoms with Crippen LogP contribution in [0, 0.1) is 0 Å². The Hall–Kier alpha value is -3.00. The molecule has 3 rings (SSSR count). The monoisotopic (exact) mass is 416 g/mol. The molecular weight excluding hydrogens is 392 g/mol. The first-order valence-electron chi connectivity index (χ1n) is 9.03. The van der Waals surface area contributed by atoms with Crippen molar-refractivity contribution in [2.24, 2.45) is 4.99 Å². The van der Waals surface area contributed by atoms with E-state index in [2.05, 4.69) is 9.71 Å². The van der Waals surface area contributed by atoms with Crippen molar-refractivity contribution in [1.29, 1.82) is 0 Å². The van der Waals surface area contributed by atoms with Crippen molar-refractivity contribution in [1.82, 2.24) is 4.72 Å². The second-order valence-electron chi connectivity index (χ2n) is 6.46. The van der Waals surface area contributed by atoms with Gasteiger partial charge in [-0.1, -0.05) is 6.07 Å². The first-order chi connectivity index (χ1) is 13.9. The Morgan fingerprint density at radius 1 is 0.931 bits per heavy atom. The number of benzene rings is 2. The zero-order valence-electron chi connectivity index (χ0n) is 16.9. The summed E-state index contributed by atoms with van der Waals surface area (Å²) in [5, 5.41) is 0. The van der Waals surface area contributed by atoms with Gasteiger partial charge in [-0.3, -0.25) is 9.71 Å². The Balaban J connectivity index is 1.80. The fourth-order valence-electron chi connectivity index (χ4n) is 3.16. The van der Waals surface area contributed by atoms with Crippen LogP contribution < -0.4 is 18.9 Å². The SMILES string of the molecule is COc1ccc(C2=C(C)C(=NCCc3ccc(OC)c(OC)c3)NS2(=O)=O)cc1. The molecular formula is C21H24N2O5S. The van der Waals surface area contributed by atoms with Gasteiger partial charge in [-0.05, 0) is 60.9 Å². The number of aliphatic imine (C=N–C) groups is 1. The minimum Gasteiger partial charge on any atom is -0.497 e. The highest BCUT2D eigenvalue weighted by atomic mass is 32.2. The normalized spacial score (nSPS) is 16.6. The third-order valence-electron chi connectivity index (χ3n) is 4.67. The second-order valence-corrected chi connectivity index (χ2v) is 8.08. The predicted octanol–water partition coefficient (Wildman–Crippen LogP) is 3.02. The Labute approximate surface area is 171 Å². The Bertz CT molecular complexity index is 1060.